The number of H-pyrrole nitrogens is 1. The number of imidazole rings is 1. The molecule has 0 spiro atoms. The highest BCUT2D eigenvalue weighted by Gasteiger charge is 2.12. The minimum absolute atomic E-state index is 0.234. The standard InChI is InChI=1S/C21H25ClN4O4S/c1-14-24-12-20(25-14)15-3-6-17(7-4-15)30-10-9-23-13-21(27)16-5-8-18(22)19(11-16)26-31(2,28)29/h3-8,11-12,21,23,26-27H,9-10,13H2,1-2H3,(H,24,25)/t21-/m1/s1. The second-order valence-corrected chi connectivity index (χ2v) is 9.24. The van der Waals surface area contributed by atoms with Crippen LogP contribution in [0.2, 0.25) is 5.02 Å². The van der Waals surface area contributed by atoms with E-state index < -0.39 is 16.1 Å². The summed E-state index contributed by atoms with van der Waals surface area (Å²) in [5.74, 6) is 1.61. The Labute approximate surface area is 186 Å². The molecule has 1 aromatic heterocycles. The van der Waals surface area contributed by atoms with Crippen LogP contribution in [0.5, 0.6) is 5.75 Å². The fraction of sp³-hybridized carbons (Fsp3) is 0.286. The van der Waals surface area contributed by atoms with E-state index in [4.69, 9.17) is 16.3 Å². The number of anilines is 1. The van der Waals surface area contributed by atoms with Crippen LogP contribution in [0, 0.1) is 6.92 Å². The molecule has 0 aliphatic heterocycles. The largest absolute Gasteiger partial charge is 0.492 e. The molecular formula is C21H25ClN4O4S. The predicted octanol–water partition coefficient (Wildman–Crippen LogP) is 3.11. The van der Waals surface area contributed by atoms with Crippen molar-refractivity contribution < 1.29 is 18.3 Å². The van der Waals surface area contributed by atoms with Gasteiger partial charge in [0.2, 0.25) is 10.0 Å². The van der Waals surface area contributed by atoms with Crippen molar-refractivity contribution in [2.45, 2.75) is 13.0 Å². The lowest BCUT2D eigenvalue weighted by Gasteiger charge is -2.15. The molecule has 10 heteroatoms. The quantitative estimate of drug-likeness (QED) is 0.342. The zero-order chi connectivity index (χ0) is 22.4. The van der Waals surface area contributed by atoms with Crippen LogP contribution in [0.25, 0.3) is 11.3 Å². The van der Waals surface area contributed by atoms with Crippen LogP contribution in [0.1, 0.15) is 17.5 Å². The minimum Gasteiger partial charge on any atom is -0.492 e. The summed E-state index contributed by atoms with van der Waals surface area (Å²) < 4.78 is 30.9. The van der Waals surface area contributed by atoms with Crippen LogP contribution in [-0.2, 0) is 10.0 Å². The van der Waals surface area contributed by atoms with Gasteiger partial charge in [0.25, 0.3) is 0 Å². The van der Waals surface area contributed by atoms with Gasteiger partial charge in [0.15, 0.2) is 0 Å². The van der Waals surface area contributed by atoms with Crippen molar-refractivity contribution in [1.29, 1.82) is 0 Å². The Morgan fingerprint density at radius 1 is 1.23 bits per heavy atom. The fourth-order valence-electron chi connectivity index (χ4n) is 2.92. The maximum Gasteiger partial charge on any atom is 0.229 e. The van der Waals surface area contributed by atoms with E-state index in [9.17, 15) is 13.5 Å². The van der Waals surface area contributed by atoms with Crippen molar-refractivity contribution in [2.75, 3.05) is 30.7 Å². The number of aliphatic hydroxyl groups excluding tert-OH is 1. The molecule has 0 amide bonds. The molecule has 8 nitrogen and oxygen atoms in total. The summed E-state index contributed by atoms with van der Waals surface area (Å²) in [6, 6.07) is 12.4. The molecule has 4 N–H and O–H groups in total. The van der Waals surface area contributed by atoms with E-state index >= 15 is 0 Å². The highest BCUT2D eigenvalue weighted by atomic mass is 35.5. The number of aromatic nitrogens is 2. The minimum atomic E-state index is -3.46. The molecule has 3 rings (SSSR count). The highest BCUT2D eigenvalue weighted by molar-refractivity contribution is 7.92. The van der Waals surface area contributed by atoms with Crippen molar-refractivity contribution in [3.8, 4) is 17.0 Å². The number of hydrogen-bond acceptors (Lipinski definition) is 6. The number of nitrogens with zero attached hydrogens (tertiary/aromatic N) is 1. The first-order chi connectivity index (χ1) is 14.7. The van der Waals surface area contributed by atoms with Gasteiger partial charge >= 0.3 is 0 Å². The van der Waals surface area contributed by atoms with Gasteiger partial charge in [-0.2, -0.15) is 0 Å². The third-order valence-electron chi connectivity index (χ3n) is 4.42. The van der Waals surface area contributed by atoms with Gasteiger partial charge in [0.1, 0.15) is 18.2 Å². The molecule has 166 valence electrons. The zero-order valence-electron chi connectivity index (χ0n) is 17.2. The van der Waals surface area contributed by atoms with E-state index in [1.807, 2.05) is 31.2 Å². The molecule has 0 bridgehead atoms. The van der Waals surface area contributed by atoms with Gasteiger partial charge in [-0.15, -0.1) is 0 Å². The lowest BCUT2D eigenvalue weighted by Crippen LogP contribution is -2.26. The summed E-state index contributed by atoms with van der Waals surface area (Å²) in [6.07, 6.45) is 2.01. The van der Waals surface area contributed by atoms with Gasteiger partial charge in [0.05, 0.1) is 35.0 Å². The number of ether oxygens (including phenoxy) is 1. The lowest BCUT2D eigenvalue weighted by atomic mass is 10.1. The van der Waals surface area contributed by atoms with Crippen molar-refractivity contribution in [1.82, 2.24) is 15.3 Å². The average Bonchev–Trinajstić information content (AvgIpc) is 3.15. The summed E-state index contributed by atoms with van der Waals surface area (Å²) in [7, 11) is -3.46. The second kappa shape index (κ2) is 10.1. The highest BCUT2D eigenvalue weighted by Crippen LogP contribution is 2.26. The van der Waals surface area contributed by atoms with Gasteiger partial charge in [-0.1, -0.05) is 17.7 Å². The number of rotatable bonds is 10. The monoisotopic (exact) mass is 464 g/mol. The third kappa shape index (κ3) is 6.96. The number of hydrogen-bond donors (Lipinski definition) is 4. The molecule has 1 atom stereocenters. The van der Waals surface area contributed by atoms with E-state index in [0.29, 0.717) is 18.7 Å². The normalized spacial score (nSPS) is 12.5. The summed E-state index contributed by atoms with van der Waals surface area (Å²) in [5.41, 5.74) is 2.77. The molecule has 1 heterocycles. The zero-order valence-corrected chi connectivity index (χ0v) is 18.8. The van der Waals surface area contributed by atoms with Crippen LogP contribution in [0.4, 0.5) is 5.69 Å². The average molecular weight is 465 g/mol. The van der Waals surface area contributed by atoms with E-state index in [0.717, 1.165) is 29.1 Å². The smallest absolute Gasteiger partial charge is 0.229 e. The molecule has 0 unspecified atom stereocenters. The number of benzene rings is 2. The van der Waals surface area contributed by atoms with Crippen molar-refractivity contribution in [3.63, 3.8) is 0 Å². The third-order valence-corrected chi connectivity index (χ3v) is 5.34. The molecule has 0 aliphatic rings. The van der Waals surface area contributed by atoms with Gasteiger partial charge in [-0.05, 0) is 54.4 Å². The van der Waals surface area contributed by atoms with Crippen LogP contribution < -0.4 is 14.8 Å². The van der Waals surface area contributed by atoms with Gasteiger partial charge in [-0.25, -0.2) is 13.4 Å². The van der Waals surface area contributed by atoms with E-state index in [2.05, 4.69) is 20.0 Å². The summed E-state index contributed by atoms with van der Waals surface area (Å²) in [6.45, 7) is 3.14. The van der Waals surface area contributed by atoms with Crippen molar-refractivity contribution in [3.05, 3.63) is 65.1 Å². The maximum absolute atomic E-state index is 11.4. The number of aromatic amines is 1. The number of nitrogens with one attached hydrogen (secondary N) is 3. The molecule has 31 heavy (non-hydrogen) atoms. The first kappa shape index (κ1) is 23.1. The Bertz CT molecular complexity index is 1120. The Hall–Kier alpha value is -2.59. The Morgan fingerprint density at radius 3 is 2.61 bits per heavy atom. The predicted molar refractivity (Wildman–Crippen MR) is 122 cm³/mol. The fourth-order valence-corrected chi connectivity index (χ4v) is 3.71. The van der Waals surface area contributed by atoms with Gasteiger partial charge < -0.3 is 20.1 Å². The Morgan fingerprint density at radius 2 is 1.97 bits per heavy atom. The summed E-state index contributed by atoms with van der Waals surface area (Å²) in [4.78, 5) is 7.38. The lowest BCUT2D eigenvalue weighted by molar-refractivity contribution is 0.172. The Balaban J connectivity index is 1.44. The summed E-state index contributed by atoms with van der Waals surface area (Å²) >= 11 is 6.01. The van der Waals surface area contributed by atoms with E-state index in [-0.39, 0.29) is 17.3 Å². The second-order valence-electron chi connectivity index (χ2n) is 7.09. The van der Waals surface area contributed by atoms with Crippen LogP contribution in [-0.4, -0.2) is 49.4 Å². The van der Waals surface area contributed by atoms with Crippen LogP contribution >= 0.6 is 11.6 Å². The number of aryl methyl sites for hydroxylation is 1. The van der Waals surface area contributed by atoms with Gasteiger partial charge in [0, 0.05) is 13.1 Å². The van der Waals surface area contributed by atoms with Crippen molar-refractivity contribution >= 4 is 27.3 Å². The summed E-state index contributed by atoms with van der Waals surface area (Å²) in [5, 5.41) is 13.7. The van der Waals surface area contributed by atoms with Crippen molar-refractivity contribution in [2.24, 2.45) is 0 Å². The molecule has 0 aliphatic carbocycles. The van der Waals surface area contributed by atoms with Crippen LogP contribution in [0.3, 0.4) is 0 Å². The van der Waals surface area contributed by atoms with E-state index in [1.54, 1.807) is 18.3 Å². The maximum atomic E-state index is 11.4. The van der Waals surface area contributed by atoms with E-state index in [1.165, 1.54) is 6.07 Å². The SMILES string of the molecule is Cc1ncc(-c2ccc(OCCNC[C@@H](O)c3ccc(Cl)c(NS(C)(=O)=O)c3)cc2)[nH]1. The molecule has 0 radical (unpaired) electrons. The molecule has 2 aromatic carbocycles. The molecule has 0 saturated heterocycles. The molecule has 0 saturated carbocycles. The number of sulfonamides is 1. The van der Waals surface area contributed by atoms with Gasteiger partial charge in [-0.3, -0.25) is 4.72 Å². The first-order valence-electron chi connectivity index (χ1n) is 9.62. The number of aliphatic hydroxyl groups is 1. The molecule has 0 fully saturated rings. The Kier molecular flexibility index (Phi) is 7.55. The number of halogens is 1. The van der Waals surface area contributed by atoms with Crippen LogP contribution in [0.15, 0.2) is 48.7 Å². The molecule has 3 aromatic rings. The first-order valence-corrected chi connectivity index (χ1v) is 11.9. The topological polar surface area (TPSA) is 116 Å². The molecular weight excluding hydrogens is 440 g/mol.